The number of hydrogen-bond donors (Lipinski definition) is 0. The van der Waals surface area contributed by atoms with Crippen LogP contribution in [0.2, 0.25) is 0 Å². The molecule has 2 rings (SSSR count). The summed E-state index contributed by atoms with van der Waals surface area (Å²) >= 11 is 3.16. The number of nitrogens with zero attached hydrogens (tertiary/aromatic N) is 2. The Morgan fingerprint density at radius 1 is 1.25 bits per heavy atom. The Bertz CT molecular complexity index is 728. The second-order valence-electron chi connectivity index (χ2n) is 3.73. The lowest BCUT2D eigenvalue weighted by atomic mass is 10.2. The number of nitro groups is 1. The largest absolute Gasteiger partial charge is 0.449 e. The van der Waals surface area contributed by atoms with Crippen LogP contribution in [0.4, 0.5) is 10.1 Å². The Labute approximate surface area is 121 Å². The van der Waals surface area contributed by atoms with Crippen molar-refractivity contribution in [1.82, 2.24) is 0 Å². The highest BCUT2D eigenvalue weighted by molar-refractivity contribution is 9.10. The van der Waals surface area contributed by atoms with E-state index in [2.05, 4.69) is 15.9 Å². The predicted octanol–water partition coefficient (Wildman–Crippen LogP) is 4.16. The lowest BCUT2D eigenvalue weighted by Crippen LogP contribution is -1.95. The Morgan fingerprint density at radius 3 is 2.65 bits per heavy atom. The molecule has 0 fully saturated rings. The van der Waals surface area contributed by atoms with Gasteiger partial charge < -0.3 is 4.74 Å². The first-order valence-corrected chi connectivity index (χ1v) is 6.12. The van der Waals surface area contributed by atoms with E-state index in [1.807, 2.05) is 0 Å². The molecular formula is C13H6BrFN2O3. The van der Waals surface area contributed by atoms with E-state index in [-0.39, 0.29) is 22.7 Å². The summed E-state index contributed by atoms with van der Waals surface area (Å²) in [6.45, 7) is 0. The van der Waals surface area contributed by atoms with E-state index in [0.29, 0.717) is 4.47 Å². The topological polar surface area (TPSA) is 76.2 Å². The number of ether oxygens (including phenoxy) is 1. The van der Waals surface area contributed by atoms with Crippen LogP contribution >= 0.6 is 15.9 Å². The van der Waals surface area contributed by atoms with Gasteiger partial charge in [-0.2, -0.15) is 5.26 Å². The third kappa shape index (κ3) is 2.92. The van der Waals surface area contributed by atoms with Crippen LogP contribution in [0, 0.1) is 27.3 Å². The molecule has 0 spiro atoms. The van der Waals surface area contributed by atoms with Crippen molar-refractivity contribution in [2.45, 2.75) is 0 Å². The zero-order chi connectivity index (χ0) is 14.7. The minimum Gasteiger partial charge on any atom is -0.449 e. The van der Waals surface area contributed by atoms with Crippen LogP contribution in [-0.4, -0.2) is 4.92 Å². The highest BCUT2D eigenvalue weighted by atomic mass is 79.9. The molecule has 0 N–H and O–H groups in total. The molecule has 0 atom stereocenters. The summed E-state index contributed by atoms with van der Waals surface area (Å²) in [6, 6.07) is 9.35. The molecule has 0 bridgehead atoms. The van der Waals surface area contributed by atoms with Gasteiger partial charge >= 0.3 is 5.69 Å². The molecule has 2 aromatic rings. The summed E-state index contributed by atoms with van der Waals surface area (Å²) in [6.07, 6.45) is 0. The molecule has 0 aliphatic heterocycles. The van der Waals surface area contributed by atoms with Crippen LogP contribution in [0.5, 0.6) is 11.5 Å². The van der Waals surface area contributed by atoms with Gasteiger partial charge in [0.25, 0.3) is 0 Å². The zero-order valence-electron chi connectivity index (χ0n) is 9.84. The van der Waals surface area contributed by atoms with Gasteiger partial charge in [-0.1, -0.05) is 0 Å². The van der Waals surface area contributed by atoms with Crippen molar-refractivity contribution >= 4 is 21.6 Å². The Kier molecular flexibility index (Phi) is 3.96. The molecule has 0 saturated heterocycles. The molecule has 0 amide bonds. The van der Waals surface area contributed by atoms with E-state index in [0.717, 1.165) is 12.1 Å². The number of nitro benzene ring substituents is 1. The maximum atomic E-state index is 13.1. The summed E-state index contributed by atoms with van der Waals surface area (Å²) in [5.74, 6) is -0.488. The van der Waals surface area contributed by atoms with Gasteiger partial charge in [-0.25, -0.2) is 4.39 Å². The minimum absolute atomic E-state index is 0.0692. The second kappa shape index (κ2) is 5.67. The first-order valence-electron chi connectivity index (χ1n) is 5.32. The van der Waals surface area contributed by atoms with Crippen molar-refractivity contribution in [3.63, 3.8) is 0 Å². The summed E-state index contributed by atoms with van der Waals surface area (Å²) in [5, 5.41) is 19.7. The van der Waals surface area contributed by atoms with E-state index >= 15 is 0 Å². The van der Waals surface area contributed by atoms with E-state index in [4.69, 9.17) is 10.00 Å². The molecule has 2 aromatic carbocycles. The number of benzene rings is 2. The monoisotopic (exact) mass is 336 g/mol. The van der Waals surface area contributed by atoms with Crippen molar-refractivity contribution < 1.29 is 14.1 Å². The minimum atomic E-state index is -0.663. The highest BCUT2D eigenvalue weighted by Gasteiger charge is 2.18. The first kappa shape index (κ1) is 14.0. The maximum absolute atomic E-state index is 13.1. The normalized spacial score (nSPS) is 9.85. The number of rotatable bonds is 3. The summed E-state index contributed by atoms with van der Waals surface area (Å²) in [4.78, 5) is 10.3. The quantitative estimate of drug-likeness (QED) is 0.622. The summed E-state index contributed by atoms with van der Waals surface area (Å²) < 4.78 is 18.9. The third-order valence-corrected chi connectivity index (χ3v) is 3.05. The summed E-state index contributed by atoms with van der Waals surface area (Å²) in [7, 11) is 0. The first-order chi connectivity index (χ1) is 9.51. The van der Waals surface area contributed by atoms with Crippen molar-refractivity contribution in [3.05, 3.63) is 62.4 Å². The van der Waals surface area contributed by atoms with Crippen LogP contribution < -0.4 is 4.74 Å². The fourth-order valence-electron chi connectivity index (χ4n) is 1.49. The maximum Gasteiger partial charge on any atom is 0.312 e. The molecule has 20 heavy (non-hydrogen) atoms. The van der Waals surface area contributed by atoms with Crippen LogP contribution in [-0.2, 0) is 0 Å². The smallest absolute Gasteiger partial charge is 0.312 e. The molecule has 5 nitrogen and oxygen atoms in total. The summed E-state index contributed by atoms with van der Waals surface area (Å²) in [5.41, 5.74) is -0.220. The van der Waals surface area contributed by atoms with Gasteiger partial charge in [-0.05, 0) is 40.2 Å². The molecule has 0 unspecified atom stereocenters. The third-order valence-electron chi connectivity index (χ3n) is 2.40. The van der Waals surface area contributed by atoms with Crippen LogP contribution in [0.25, 0.3) is 0 Å². The molecule has 0 heterocycles. The number of hydrogen-bond acceptors (Lipinski definition) is 4. The molecule has 0 aromatic heterocycles. The van der Waals surface area contributed by atoms with Gasteiger partial charge in [-0.3, -0.25) is 10.1 Å². The second-order valence-corrected chi connectivity index (χ2v) is 4.58. The van der Waals surface area contributed by atoms with Crippen molar-refractivity contribution in [3.8, 4) is 17.6 Å². The van der Waals surface area contributed by atoms with E-state index < -0.39 is 10.7 Å². The zero-order valence-corrected chi connectivity index (χ0v) is 11.4. The molecule has 0 aliphatic carbocycles. The molecule has 7 heteroatoms. The van der Waals surface area contributed by atoms with Gasteiger partial charge in [0.2, 0.25) is 5.75 Å². The van der Waals surface area contributed by atoms with E-state index in [1.54, 1.807) is 6.07 Å². The van der Waals surface area contributed by atoms with Gasteiger partial charge in [0.15, 0.2) is 0 Å². The fraction of sp³-hybridized carbons (Fsp3) is 0. The Balaban J connectivity index is 2.46. The average molecular weight is 337 g/mol. The lowest BCUT2D eigenvalue weighted by molar-refractivity contribution is -0.385. The van der Waals surface area contributed by atoms with Gasteiger partial charge in [0.05, 0.1) is 21.0 Å². The van der Waals surface area contributed by atoms with E-state index in [9.17, 15) is 14.5 Å². The van der Waals surface area contributed by atoms with Crippen LogP contribution in [0.3, 0.4) is 0 Å². The van der Waals surface area contributed by atoms with Crippen molar-refractivity contribution in [1.29, 1.82) is 5.26 Å². The fourth-order valence-corrected chi connectivity index (χ4v) is 1.82. The van der Waals surface area contributed by atoms with Crippen LogP contribution in [0.1, 0.15) is 5.56 Å². The number of halogens is 2. The average Bonchev–Trinajstić information content (AvgIpc) is 2.43. The molecule has 0 radical (unpaired) electrons. The van der Waals surface area contributed by atoms with Crippen molar-refractivity contribution in [2.24, 2.45) is 0 Å². The van der Waals surface area contributed by atoms with Gasteiger partial charge in [-0.15, -0.1) is 0 Å². The lowest BCUT2D eigenvalue weighted by Gasteiger charge is -2.08. The van der Waals surface area contributed by atoms with Crippen LogP contribution in [0.15, 0.2) is 40.9 Å². The molecular weight excluding hydrogens is 331 g/mol. The van der Waals surface area contributed by atoms with E-state index in [1.165, 1.54) is 24.3 Å². The Morgan fingerprint density at radius 2 is 2.00 bits per heavy atom. The predicted molar refractivity (Wildman–Crippen MR) is 72.0 cm³/mol. The van der Waals surface area contributed by atoms with Crippen molar-refractivity contribution in [2.75, 3.05) is 0 Å². The molecule has 100 valence electrons. The number of nitriles is 1. The molecule has 0 aliphatic rings. The SMILES string of the molecule is N#Cc1ccc(Oc2cc(F)ccc2Br)c([N+](=O)[O-])c1. The standard InChI is InChI=1S/C13H6BrFN2O3/c14-10-3-2-9(15)6-13(10)20-12-4-1-8(7-16)5-11(12)17(18)19/h1-6H. The molecule has 0 saturated carbocycles. The highest BCUT2D eigenvalue weighted by Crippen LogP contribution is 2.35. The van der Waals surface area contributed by atoms with Gasteiger partial charge in [0, 0.05) is 12.1 Å². The van der Waals surface area contributed by atoms with Gasteiger partial charge in [0.1, 0.15) is 11.6 Å². The Hall–Kier alpha value is -2.46.